The van der Waals surface area contributed by atoms with E-state index in [-0.39, 0.29) is 19.1 Å². The van der Waals surface area contributed by atoms with Crippen molar-refractivity contribution in [1.29, 1.82) is 0 Å². The van der Waals surface area contributed by atoms with Crippen molar-refractivity contribution < 1.29 is 14.6 Å². The number of amides is 1. The number of carbonyl (C=O) groups is 1. The molecular weight excluding hydrogens is 274 g/mol. The summed E-state index contributed by atoms with van der Waals surface area (Å²) < 4.78 is 5.50. The van der Waals surface area contributed by atoms with Crippen LogP contribution in [-0.4, -0.2) is 42.3 Å². The molecule has 1 aromatic carbocycles. The Balaban J connectivity index is 2.16. The molecule has 1 amide bonds. The fourth-order valence-corrected chi connectivity index (χ4v) is 2.47. The summed E-state index contributed by atoms with van der Waals surface area (Å²) >= 11 is 1.72. The van der Waals surface area contributed by atoms with Crippen LogP contribution in [0, 0.1) is 13.8 Å². The summed E-state index contributed by atoms with van der Waals surface area (Å²) in [4.78, 5) is 11.6. The van der Waals surface area contributed by atoms with Crippen LogP contribution >= 0.6 is 11.8 Å². The van der Waals surface area contributed by atoms with Crippen molar-refractivity contribution in [2.45, 2.75) is 20.3 Å². The normalized spacial score (nSPS) is 10.3. The van der Waals surface area contributed by atoms with Gasteiger partial charge in [-0.2, -0.15) is 11.8 Å². The number of hydrogen-bond acceptors (Lipinski definition) is 4. The van der Waals surface area contributed by atoms with Gasteiger partial charge in [-0.3, -0.25) is 4.79 Å². The van der Waals surface area contributed by atoms with Gasteiger partial charge in [-0.1, -0.05) is 17.7 Å². The Morgan fingerprint density at radius 1 is 1.35 bits per heavy atom. The number of hydrogen-bond donors (Lipinski definition) is 2. The first-order chi connectivity index (χ1) is 9.63. The molecule has 1 aromatic rings. The molecule has 112 valence electrons. The number of aryl methyl sites for hydroxylation is 2. The van der Waals surface area contributed by atoms with Gasteiger partial charge in [0.25, 0.3) is 5.91 Å². The van der Waals surface area contributed by atoms with Crippen molar-refractivity contribution in [3.8, 4) is 5.75 Å². The maximum Gasteiger partial charge on any atom is 0.257 e. The van der Waals surface area contributed by atoms with Crippen molar-refractivity contribution >= 4 is 17.7 Å². The Morgan fingerprint density at radius 3 is 2.85 bits per heavy atom. The smallest absolute Gasteiger partial charge is 0.257 e. The van der Waals surface area contributed by atoms with Crippen LogP contribution in [0.4, 0.5) is 0 Å². The molecular formula is C15H23NO3S. The van der Waals surface area contributed by atoms with Gasteiger partial charge in [0.15, 0.2) is 6.61 Å². The Bertz CT molecular complexity index is 424. The van der Waals surface area contributed by atoms with E-state index in [1.165, 1.54) is 5.56 Å². The minimum absolute atomic E-state index is 0.0468. The summed E-state index contributed by atoms with van der Waals surface area (Å²) in [5.74, 6) is 2.43. The second-order valence-electron chi connectivity index (χ2n) is 4.60. The van der Waals surface area contributed by atoms with Gasteiger partial charge in [0, 0.05) is 18.9 Å². The molecule has 0 radical (unpaired) electrons. The number of nitrogens with one attached hydrogen (secondary N) is 1. The van der Waals surface area contributed by atoms with E-state index < -0.39 is 0 Å². The molecule has 20 heavy (non-hydrogen) atoms. The third-order valence-corrected chi connectivity index (χ3v) is 3.77. The van der Waals surface area contributed by atoms with E-state index in [4.69, 9.17) is 9.84 Å². The molecule has 0 bridgehead atoms. The minimum Gasteiger partial charge on any atom is -0.484 e. The average molecular weight is 297 g/mol. The SMILES string of the molecule is Cc1ccc(OCC(=O)NCCSCCCO)c(C)c1. The van der Waals surface area contributed by atoms with Gasteiger partial charge >= 0.3 is 0 Å². The highest BCUT2D eigenvalue weighted by Crippen LogP contribution is 2.18. The second kappa shape index (κ2) is 9.66. The first-order valence-corrected chi connectivity index (χ1v) is 7.94. The predicted octanol–water partition coefficient (Wildman–Crippen LogP) is 1.91. The van der Waals surface area contributed by atoms with Crippen LogP contribution in [0.2, 0.25) is 0 Å². The molecule has 4 nitrogen and oxygen atoms in total. The standard InChI is InChI=1S/C15H23NO3S/c1-12-4-5-14(13(2)10-12)19-11-15(18)16-6-9-20-8-3-7-17/h4-5,10,17H,3,6-9,11H2,1-2H3,(H,16,18). The molecule has 0 fully saturated rings. The van der Waals surface area contributed by atoms with E-state index in [1.807, 2.05) is 32.0 Å². The number of aliphatic hydroxyl groups excluding tert-OH is 1. The lowest BCUT2D eigenvalue weighted by atomic mass is 10.1. The zero-order valence-corrected chi connectivity index (χ0v) is 13.0. The summed E-state index contributed by atoms with van der Waals surface area (Å²) in [6.07, 6.45) is 0.800. The monoisotopic (exact) mass is 297 g/mol. The van der Waals surface area contributed by atoms with Gasteiger partial charge in [0.1, 0.15) is 5.75 Å². The molecule has 0 heterocycles. The van der Waals surface area contributed by atoms with Crippen LogP contribution < -0.4 is 10.1 Å². The van der Waals surface area contributed by atoms with E-state index in [9.17, 15) is 4.79 Å². The third-order valence-electron chi connectivity index (χ3n) is 2.70. The van der Waals surface area contributed by atoms with Gasteiger partial charge < -0.3 is 15.2 Å². The minimum atomic E-state index is -0.104. The fraction of sp³-hybridized carbons (Fsp3) is 0.533. The Hall–Kier alpha value is -1.20. The van der Waals surface area contributed by atoms with Gasteiger partial charge in [0.2, 0.25) is 0 Å². The number of thioether (sulfide) groups is 1. The van der Waals surface area contributed by atoms with E-state index in [1.54, 1.807) is 11.8 Å². The highest BCUT2D eigenvalue weighted by molar-refractivity contribution is 7.99. The van der Waals surface area contributed by atoms with E-state index in [2.05, 4.69) is 5.32 Å². The first kappa shape index (κ1) is 16.9. The van der Waals surface area contributed by atoms with Crippen molar-refractivity contribution in [2.75, 3.05) is 31.3 Å². The second-order valence-corrected chi connectivity index (χ2v) is 5.82. The summed E-state index contributed by atoms with van der Waals surface area (Å²) in [7, 11) is 0. The van der Waals surface area contributed by atoms with E-state index in [0.29, 0.717) is 6.54 Å². The molecule has 0 aliphatic carbocycles. The number of ether oxygens (including phenoxy) is 1. The van der Waals surface area contributed by atoms with Crippen LogP contribution in [-0.2, 0) is 4.79 Å². The molecule has 0 atom stereocenters. The van der Waals surface area contributed by atoms with Crippen LogP contribution in [0.25, 0.3) is 0 Å². The Morgan fingerprint density at radius 2 is 2.15 bits per heavy atom. The molecule has 0 saturated carbocycles. The van der Waals surface area contributed by atoms with Crippen LogP contribution in [0.15, 0.2) is 18.2 Å². The lowest BCUT2D eigenvalue weighted by Crippen LogP contribution is -2.30. The molecule has 0 unspecified atom stereocenters. The summed E-state index contributed by atoms with van der Waals surface area (Å²) in [6.45, 7) is 4.90. The maximum atomic E-state index is 11.6. The topological polar surface area (TPSA) is 58.6 Å². The van der Waals surface area contributed by atoms with E-state index >= 15 is 0 Å². The van der Waals surface area contributed by atoms with Gasteiger partial charge in [-0.25, -0.2) is 0 Å². The van der Waals surface area contributed by atoms with Crippen molar-refractivity contribution in [2.24, 2.45) is 0 Å². The molecule has 0 aliphatic rings. The molecule has 2 N–H and O–H groups in total. The Kier molecular flexibility index (Phi) is 8.14. The zero-order valence-electron chi connectivity index (χ0n) is 12.1. The first-order valence-electron chi connectivity index (χ1n) is 6.79. The average Bonchev–Trinajstić information content (AvgIpc) is 2.41. The number of rotatable bonds is 9. The summed E-state index contributed by atoms with van der Waals surface area (Å²) in [6, 6.07) is 5.89. The molecule has 0 aliphatic heterocycles. The molecule has 0 spiro atoms. The molecule has 5 heteroatoms. The predicted molar refractivity (Wildman–Crippen MR) is 83.4 cm³/mol. The van der Waals surface area contributed by atoms with Gasteiger partial charge in [0.05, 0.1) is 0 Å². The maximum absolute atomic E-state index is 11.6. The number of carbonyl (C=O) groups excluding carboxylic acids is 1. The molecule has 0 saturated heterocycles. The quantitative estimate of drug-likeness (QED) is 0.684. The number of benzene rings is 1. The van der Waals surface area contributed by atoms with Gasteiger partial charge in [-0.15, -0.1) is 0 Å². The van der Waals surface area contributed by atoms with Gasteiger partial charge in [-0.05, 0) is 37.7 Å². The highest BCUT2D eigenvalue weighted by Gasteiger charge is 2.04. The van der Waals surface area contributed by atoms with E-state index in [0.717, 1.165) is 29.2 Å². The number of aliphatic hydroxyl groups is 1. The highest BCUT2D eigenvalue weighted by atomic mass is 32.2. The lowest BCUT2D eigenvalue weighted by molar-refractivity contribution is -0.122. The summed E-state index contributed by atoms with van der Waals surface area (Å²) in [5, 5.41) is 11.4. The zero-order chi connectivity index (χ0) is 14.8. The summed E-state index contributed by atoms with van der Waals surface area (Å²) in [5.41, 5.74) is 2.22. The molecule has 0 aromatic heterocycles. The Labute approximate surface area is 124 Å². The lowest BCUT2D eigenvalue weighted by Gasteiger charge is -2.10. The molecule has 1 rings (SSSR count). The van der Waals surface area contributed by atoms with Crippen molar-refractivity contribution in [1.82, 2.24) is 5.32 Å². The van der Waals surface area contributed by atoms with Crippen LogP contribution in [0.1, 0.15) is 17.5 Å². The van der Waals surface area contributed by atoms with Crippen molar-refractivity contribution in [3.05, 3.63) is 29.3 Å². The third kappa shape index (κ3) is 6.82. The van der Waals surface area contributed by atoms with Crippen LogP contribution in [0.5, 0.6) is 5.75 Å². The largest absolute Gasteiger partial charge is 0.484 e. The fourth-order valence-electron chi connectivity index (χ4n) is 1.69. The van der Waals surface area contributed by atoms with Crippen molar-refractivity contribution in [3.63, 3.8) is 0 Å². The van der Waals surface area contributed by atoms with Crippen LogP contribution in [0.3, 0.4) is 0 Å².